The molecule has 0 amide bonds. The van der Waals surface area contributed by atoms with Gasteiger partial charge in [0.05, 0.1) is 12.6 Å². The maximum Gasteiger partial charge on any atom is 0.0738 e. The highest BCUT2D eigenvalue weighted by Crippen LogP contribution is 2.04. The Morgan fingerprint density at radius 2 is 2.00 bits per heavy atom. The van der Waals surface area contributed by atoms with E-state index in [1.807, 2.05) is 19.9 Å². The summed E-state index contributed by atoms with van der Waals surface area (Å²) in [6.45, 7) is 17.2. The summed E-state index contributed by atoms with van der Waals surface area (Å²) >= 11 is 0. The molecule has 2 heteroatoms. The first-order valence-electron chi connectivity index (χ1n) is 4.47. The molecule has 0 bridgehead atoms. The van der Waals surface area contributed by atoms with Crippen LogP contribution < -0.4 is 5.32 Å². The molecule has 2 nitrogen and oxygen atoms in total. The van der Waals surface area contributed by atoms with Gasteiger partial charge in [-0.1, -0.05) is 25.3 Å². The molecule has 0 aromatic rings. The van der Waals surface area contributed by atoms with E-state index >= 15 is 0 Å². The minimum Gasteiger partial charge on any atom is -0.394 e. The molecule has 0 aromatic heterocycles. The lowest BCUT2D eigenvalue weighted by Crippen LogP contribution is -2.32. The summed E-state index contributed by atoms with van der Waals surface area (Å²) in [6.07, 6.45) is 3.65. The van der Waals surface area contributed by atoms with Crippen molar-refractivity contribution in [1.82, 2.24) is 5.32 Å². The van der Waals surface area contributed by atoms with E-state index in [2.05, 4.69) is 31.6 Å². The van der Waals surface area contributed by atoms with E-state index in [1.54, 1.807) is 6.08 Å². The molecular formula is C12H21NO. The van der Waals surface area contributed by atoms with Gasteiger partial charge in [-0.25, -0.2) is 0 Å². The number of aliphatic hydroxyl groups is 1. The van der Waals surface area contributed by atoms with E-state index in [9.17, 15) is 0 Å². The summed E-state index contributed by atoms with van der Waals surface area (Å²) in [7, 11) is 0. The van der Waals surface area contributed by atoms with E-state index in [-0.39, 0.29) is 12.6 Å². The van der Waals surface area contributed by atoms with Crippen LogP contribution >= 0.6 is 0 Å². The molecule has 0 aromatic carbocycles. The summed E-state index contributed by atoms with van der Waals surface area (Å²) in [5, 5.41) is 12.1. The fourth-order valence-corrected chi connectivity index (χ4v) is 0.993. The van der Waals surface area contributed by atoms with Crippen molar-refractivity contribution in [2.75, 3.05) is 6.61 Å². The molecule has 0 saturated carbocycles. The fraction of sp³-hybridized carbons (Fsp3) is 0.333. The third kappa shape index (κ3) is 6.26. The maximum atomic E-state index is 9.02. The minimum absolute atomic E-state index is 0.0541. The lowest BCUT2D eigenvalue weighted by atomic mass is 10.1. The van der Waals surface area contributed by atoms with Crippen LogP contribution in [0, 0.1) is 0 Å². The number of rotatable bonds is 5. The van der Waals surface area contributed by atoms with Crippen LogP contribution in [0.2, 0.25) is 0 Å². The smallest absolute Gasteiger partial charge is 0.0738 e. The summed E-state index contributed by atoms with van der Waals surface area (Å²) < 4.78 is 0. The average Bonchev–Trinajstić information content (AvgIpc) is 2.20. The summed E-state index contributed by atoms with van der Waals surface area (Å²) in [5.41, 5.74) is 1.83. The molecule has 0 radical (unpaired) electrons. The fourth-order valence-electron chi connectivity index (χ4n) is 0.993. The summed E-state index contributed by atoms with van der Waals surface area (Å²) in [4.78, 5) is 0. The number of hydrogen-bond acceptors (Lipinski definition) is 2. The third-order valence-corrected chi connectivity index (χ3v) is 1.57. The van der Waals surface area contributed by atoms with Gasteiger partial charge in [-0.05, 0) is 19.4 Å². The summed E-state index contributed by atoms with van der Waals surface area (Å²) in [5.74, 6) is 0. The van der Waals surface area contributed by atoms with Crippen LogP contribution in [0.4, 0.5) is 0 Å². The monoisotopic (exact) mass is 195 g/mol. The quantitative estimate of drug-likeness (QED) is 0.521. The largest absolute Gasteiger partial charge is 0.394 e. The van der Waals surface area contributed by atoms with Crippen LogP contribution in [0.5, 0.6) is 0 Å². The normalized spacial score (nSPS) is 12.1. The molecule has 0 aliphatic heterocycles. The molecular weight excluding hydrogens is 174 g/mol. The standard InChI is InChI=1S/C10H17NO.C2H4/c1-5-9(6-2)10(7-12)11-8(3)4;1-2/h5-6,10-12H,1,3,7H2,2,4H3;1-2H2/b9-6+;/t10-;/m1./s1. The van der Waals surface area contributed by atoms with Crippen molar-refractivity contribution in [3.63, 3.8) is 0 Å². The van der Waals surface area contributed by atoms with Crippen molar-refractivity contribution in [2.24, 2.45) is 0 Å². The molecule has 0 saturated heterocycles. The molecule has 0 aliphatic rings. The number of allylic oxidation sites excluding steroid dienone is 2. The van der Waals surface area contributed by atoms with Gasteiger partial charge in [0.1, 0.15) is 0 Å². The van der Waals surface area contributed by atoms with Crippen molar-refractivity contribution >= 4 is 0 Å². The van der Waals surface area contributed by atoms with Crippen LogP contribution in [0.25, 0.3) is 0 Å². The predicted molar refractivity (Wildman–Crippen MR) is 64.0 cm³/mol. The van der Waals surface area contributed by atoms with Gasteiger partial charge >= 0.3 is 0 Å². The number of aliphatic hydroxyl groups excluding tert-OH is 1. The Labute approximate surface area is 87.3 Å². The molecule has 0 spiro atoms. The summed E-state index contributed by atoms with van der Waals surface area (Å²) in [6, 6.07) is -0.0787. The molecule has 0 unspecified atom stereocenters. The number of hydrogen-bond donors (Lipinski definition) is 2. The van der Waals surface area contributed by atoms with Crippen molar-refractivity contribution in [3.05, 3.63) is 49.7 Å². The highest BCUT2D eigenvalue weighted by molar-refractivity contribution is 5.23. The molecule has 0 aliphatic carbocycles. The van der Waals surface area contributed by atoms with Crippen LogP contribution in [-0.4, -0.2) is 17.8 Å². The van der Waals surface area contributed by atoms with Gasteiger partial charge in [-0.15, -0.1) is 13.2 Å². The van der Waals surface area contributed by atoms with Gasteiger partial charge in [0.15, 0.2) is 0 Å². The van der Waals surface area contributed by atoms with Crippen LogP contribution in [0.15, 0.2) is 49.7 Å². The predicted octanol–water partition coefficient (Wildman–Crippen LogP) is 2.41. The molecule has 0 fully saturated rings. The SMILES string of the molecule is C=C.C=C/C(=C\C)[C@@H](CO)NC(=C)C. The van der Waals surface area contributed by atoms with Crippen LogP contribution in [0.3, 0.4) is 0 Å². The Morgan fingerprint density at radius 3 is 2.21 bits per heavy atom. The van der Waals surface area contributed by atoms with Gasteiger partial charge in [-0.3, -0.25) is 0 Å². The first-order valence-corrected chi connectivity index (χ1v) is 4.47. The maximum absolute atomic E-state index is 9.02. The second kappa shape index (κ2) is 9.81. The Balaban J connectivity index is 0. The second-order valence-electron chi connectivity index (χ2n) is 2.65. The first-order chi connectivity index (χ1) is 6.65. The van der Waals surface area contributed by atoms with Crippen LogP contribution in [0.1, 0.15) is 13.8 Å². The second-order valence-corrected chi connectivity index (χ2v) is 2.65. The molecule has 0 heterocycles. The van der Waals surface area contributed by atoms with E-state index in [0.29, 0.717) is 0 Å². The Kier molecular flexibility index (Phi) is 10.6. The molecule has 0 rings (SSSR count). The van der Waals surface area contributed by atoms with E-state index in [1.165, 1.54) is 0 Å². The van der Waals surface area contributed by atoms with E-state index in [4.69, 9.17) is 5.11 Å². The van der Waals surface area contributed by atoms with Gasteiger partial charge < -0.3 is 10.4 Å². The molecule has 14 heavy (non-hydrogen) atoms. The zero-order valence-corrected chi connectivity index (χ0v) is 9.21. The van der Waals surface area contributed by atoms with Crippen molar-refractivity contribution < 1.29 is 5.11 Å². The van der Waals surface area contributed by atoms with Gasteiger partial charge in [0.25, 0.3) is 0 Å². The lowest BCUT2D eigenvalue weighted by molar-refractivity contribution is 0.267. The Hall–Kier alpha value is -1.28. The topological polar surface area (TPSA) is 32.3 Å². The molecule has 2 N–H and O–H groups in total. The Bertz CT molecular complexity index is 206. The molecule has 80 valence electrons. The third-order valence-electron chi connectivity index (χ3n) is 1.57. The average molecular weight is 195 g/mol. The zero-order valence-electron chi connectivity index (χ0n) is 9.21. The lowest BCUT2D eigenvalue weighted by Gasteiger charge is -2.18. The minimum atomic E-state index is -0.0787. The Morgan fingerprint density at radius 1 is 1.50 bits per heavy atom. The van der Waals surface area contributed by atoms with Crippen molar-refractivity contribution in [3.8, 4) is 0 Å². The highest BCUT2D eigenvalue weighted by Gasteiger charge is 2.07. The molecule has 1 atom stereocenters. The zero-order chi connectivity index (χ0) is 11.6. The first kappa shape index (κ1) is 15.2. The van der Waals surface area contributed by atoms with Gasteiger partial charge in [-0.2, -0.15) is 0 Å². The van der Waals surface area contributed by atoms with E-state index < -0.39 is 0 Å². The van der Waals surface area contributed by atoms with E-state index in [0.717, 1.165) is 11.3 Å². The van der Waals surface area contributed by atoms with Gasteiger partial charge in [0, 0.05) is 5.70 Å². The van der Waals surface area contributed by atoms with Crippen molar-refractivity contribution in [2.45, 2.75) is 19.9 Å². The van der Waals surface area contributed by atoms with Crippen LogP contribution in [-0.2, 0) is 0 Å². The van der Waals surface area contributed by atoms with Crippen molar-refractivity contribution in [1.29, 1.82) is 0 Å². The highest BCUT2D eigenvalue weighted by atomic mass is 16.3. The van der Waals surface area contributed by atoms with Gasteiger partial charge in [0.2, 0.25) is 0 Å². The number of nitrogens with one attached hydrogen (secondary N) is 1.